The van der Waals surface area contributed by atoms with Gasteiger partial charge < -0.3 is 31.8 Å². The molecule has 1 aromatic heterocycles. The number of H-pyrrole nitrogens is 1. The zero-order chi connectivity index (χ0) is 27.7. The van der Waals surface area contributed by atoms with E-state index in [1.165, 1.54) is 0 Å². The summed E-state index contributed by atoms with van der Waals surface area (Å²) in [5.41, 5.74) is 8.48. The summed E-state index contributed by atoms with van der Waals surface area (Å²) in [6.07, 6.45) is 2.41. The van der Waals surface area contributed by atoms with Crippen LogP contribution in [0.5, 0.6) is 0 Å². The molecule has 0 aliphatic rings. The first-order valence-corrected chi connectivity index (χ1v) is 12.6. The van der Waals surface area contributed by atoms with Crippen molar-refractivity contribution in [3.05, 3.63) is 71.9 Å². The van der Waals surface area contributed by atoms with Crippen LogP contribution in [0.2, 0.25) is 0 Å². The van der Waals surface area contributed by atoms with E-state index in [0.717, 1.165) is 22.0 Å². The fraction of sp³-hybridized carbons (Fsp3) is 0.357. The van der Waals surface area contributed by atoms with Gasteiger partial charge in [0, 0.05) is 23.5 Å². The molecule has 0 aliphatic heterocycles. The van der Waals surface area contributed by atoms with Gasteiger partial charge in [-0.2, -0.15) is 0 Å². The number of aromatic nitrogens is 1. The van der Waals surface area contributed by atoms with Crippen LogP contribution in [0.1, 0.15) is 31.4 Å². The van der Waals surface area contributed by atoms with Gasteiger partial charge in [-0.1, -0.05) is 62.4 Å². The minimum absolute atomic E-state index is 0.0387. The Bertz CT molecular complexity index is 1260. The van der Waals surface area contributed by atoms with E-state index in [1.54, 1.807) is 6.20 Å². The third kappa shape index (κ3) is 8.17. The molecule has 10 nitrogen and oxygen atoms in total. The Kier molecular flexibility index (Phi) is 10.0. The number of rotatable bonds is 13. The number of fused-ring (bicyclic) bond motifs is 1. The number of carboxylic acid groups (broad SMARTS) is 1. The molecule has 0 saturated carbocycles. The molecule has 38 heavy (non-hydrogen) atoms. The number of nitrogens with two attached hydrogens (primary N) is 1. The molecule has 0 aliphatic carbocycles. The molecule has 3 atom stereocenters. The fourth-order valence-electron chi connectivity index (χ4n) is 4.20. The van der Waals surface area contributed by atoms with Crippen LogP contribution in [0.3, 0.4) is 0 Å². The largest absolute Gasteiger partial charge is 0.480 e. The number of carbonyl (C=O) groups excluding carboxylic acids is 3. The maximum absolute atomic E-state index is 13.1. The molecule has 7 N–H and O–H groups in total. The van der Waals surface area contributed by atoms with Gasteiger partial charge in [-0.3, -0.25) is 14.4 Å². The van der Waals surface area contributed by atoms with E-state index in [2.05, 4.69) is 20.9 Å². The van der Waals surface area contributed by atoms with E-state index >= 15 is 0 Å². The molecular weight excluding hydrogens is 486 g/mol. The number of benzene rings is 2. The van der Waals surface area contributed by atoms with E-state index in [4.69, 9.17) is 5.73 Å². The van der Waals surface area contributed by atoms with Gasteiger partial charge in [-0.15, -0.1) is 0 Å². The molecule has 0 bridgehead atoms. The number of hydrogen-bond acceptors (Lipinski definition) is 5. The molecule has 202 valence electrons. The maximum Gasteiger partial charge on any atom is 0.326 e. The molecule has 3 unspecified atom stereocenters. The second-order valence-electron chi connectivity index (χ2n) is 9.73. The molecule has 2 aromatic carbocycles. The lowest BCUT2D eigenvalue weighted by Gasteiger charge is -2.23. The number of carboxylic acids is 1. The van der Waals surface area contributed by atoms with E-state index in [0.29, 0.717) is 12.8 Å². The summed E-state index contributed by atoms with van der Waals surface area (Å²) >= 11 is 0. The van der Waals surface area contributed by atoms with E-state index in [1.807, 2.05) is 68.4 Å². The minimum atomic E-state index is -1.19. The van der Waals surface area contributed by atoms with E-state index < -0.39 is 41.8 Å². The molecule has 0 spiro atoms. The number of aromatic amines is 1. The normalized spacial score (nSPS) is 13.5. The van der Waals surface area contributed by atoms with Gasteiger partial charge in [0.1, 0.15) is 12.1 Å². The van der Waals surface area contributed by atoms with Gasteiger partial charge in [0.25, 0.3) is 0 Å². The van der Waals surface area contributed by atoms with Gasteiger partial charge in [-0.05, 0) is 36.0 Å². The molecular formula is C28H35N5O5. The molecule has 3 rings (SSSR count). The highest BCUT2D eigenvalue weighted by atomic mass is 16.4. The molecule has 10 heteroatoms. The first-order valence-electron chi connectivity index (χ1n) is 12.6. The summed E-state index contributed by atoms with van der Waals surface area (Å²) < 4.78 is 0. The van der Waals surface area contributed by atoms with Crippen LogP contribution in [0.4, 0.5) is 0 Å². The van der Waals surface area contributed by atoms with Crippen LogP contribution in [0.15, 0.2) is 60.8 Å². The minimum Gasteiger partial charge on any atom is -0.480 e. The van der Waals surface area contributed by atoms with Crippen LogP contribution in [0.25, 0.3) is 10.9 Å². The maximum atomic E-state index is 13.1. The Hall–Kier alpha value is -4.18. The smallest absolute Gasteiger partial charge is 0.326 e. The number of hydrogen-bond donors (Lipinski definition) is 6. The van der Waals surface area contributed by atoms with Gasteiger partial charge in [0.2, 0.25) is 17.7 Å². The molecule has 1 heterocycles. The lowest BCUT2D eigenvalue weighted by molar-refractivity contribution is -0.142. The Labute approximate surface area is 221 Å². The van der Waals surface area contributed by atoms with Gasteiger partial charge in [0.05, 0.1) is 12.6 Å². The quantitative estimate of drug-likeness (QED) is 0.199. The summed E-state index contributed by atoms with van der Waals surface area (Å²) in [6.45, 7) is 3.41. The van der Waals surface area contributed by atoms with Crippen LogP contribution < -0.4 is 21.7 Å². The van der Waals surface area contributed by atoms with Crippen molar-refractivity contribution in [2.45, 2.75) is 51.2 Å². The summed E-state index contributed by atoms with van der Waals surface area (Å²) in [6, 6.07) is 13.8. The Balaban J connectivity index is 1.58. The Morgan fingerprint density at radius 3 is 2.26 bits per heavy atom. The third-order valence-corrected chi connectivity index (χ3v) is 6.13. The van der Waals surface area contributed by atoms with Crippen molar-refractivity contribution < 1.29 is 24.3 Å². The summed E-state index contributed by atoms with van der Waals surface area (Å²) in [7, 11) is 0. The predicted octanol–water partition coefficient (Wildman–Crippen LogP) is 1.50. The highest BCUT2D eigenvalue weighted by Crippen LogP contribution is 2.19. The van der Waals surface area contributed by atoms with Crippen molar-refractivity contribution in [3.8, 4) is 0 Å². The number of para-hydroxylation sites is 1. The molecule has 0 fully saturated rings. The van der Waals surface area contributed by atoms with Crippen molar-refractivity contribution in [2.75, 3.05) is 6.54 Å². The summed E-state index contributed by atoms with van der Waals surface area (Å²) in [5, 5.41) is 18.3. The third-order valence-electron chi connectivity index (χ3n) is 6.13. The average molecular weight is 522 g/mol. The fourth-order valence-corrected chi connectivity index (χ4v) is 4.20. The van der Waals surface area contributed by atoms with E-state index in [-0.39, 0.29) is 18.9 Å². The van der Waals surface area contributed by atoms with Crippen molar-refractivity contribution in [2.24, 2.45) is 11.7 Å². The number of aliphatic carboxylic acids is 1. The Morgan fingerprint density at radius 2 is 1.58 bits per heavy atom. The average Bonchev–Trinajstić information content (AvgIpc) is 3.29. The van der Waals surface area contributed by atoms with Crippen LogP contribution in [-0.4, -0.2) is 58.5 Å². The molecule has 3 amide bonds. The van der Waals surface area contributed by atoms with Crippen molar-refractivity contribution in [3.63, 3.8) is 0 Å². The lowest BCUT2D eigenvalue weighted by atomic mass is 10.0. The van der Waals surface area contributed by atoms with Gasteiger partial charge in [-0.25, -0.2) is 4.79 Å². The molecule has 0 radical (unpaired) electrons. The van der Waals surface area contributed by atoms with Crippen LogP contribution in [-0.2, 0) is 32.0 Å². The zero-order valence-corrected chi connectivity index (χ0v) is 21.6. The highest BCUT2D eigenvalue weighted by molar-refractivity contribution is 5.93. The standard InChI is InChI=1S/C28H35N5O5/c1-17(2)12-23(32-25(34)16-31-26(35)21(29)13-18-8-4-3-5-9-18)27(36)33-24(28(37)38)14-19-15-30-22-11-7-6-10-20(19)22/h3-11,15,17,21,23-24,30H,12-14,16,29H2,1-2H3,(H,31,35)(H,32,34)(H,33,36)(H,37,38). The first kappa shape index (κ1) is 28.4. The van der Waals surface area contributed by atoms with Crippen LogP contribution in [0, 0.1) is 5.92 Å². The van der Waals surface area contributed by atoms with Crippen molar-refractivity contribution in [1.29, 1.82) is 0 Å². The number of carbonyl (C=O) groups is 4. The first-order chi connectivity index (χ1) is 18.1. The Morgan fingerprint density at radius 1 is 0.895 bits per heavy atom. The lowest BCUT2D eigenvalue weighted by Crippen LogP contribution is -2.54. The second kappa shape index (κ2) is 13.4. The van der Waals surface area contributed by atoms with Crippen molar-refractivity contribution in [1.82, 2.24) is 20.9 Å². The van der Waals surface area contributed by atoms with Crippen molar-refractivity contribution >= 4 is 34.6 Å². The van der Waals surface area contributed by atoms with Crippen LogP contribution >= 0.6 is 0 Å². The summed E-state index contributed by atoms with van der Waals surface area (Å²) in [5.74, 6) is -2.81. The molecule has 3 aromatic rings. The topological polar surface area (TPSA) is 166 Å². The second-order valence-corrected chi connectivity index (χ2v) is 9.73. The number of nitrogens with one attached hydrogen (secondary N) is 4. The van der Waals surface area contributed by atoms with Gasteiger partial charge in [0.15, 0.2) is 0 Å². The summed E-state index contributed by atoms with van der Waals surface area (Å²) in [4.78, 5) is 53.1. The predicted molar refractivity (Wildman–Crippen MR) is 144 cm³/mol. The number of amides is 3. The monoisotopic (exact) mass is 521 g/mol. The molecule has 0 saturated heterocycles. The zero-order valence-electron chi connectivity index (χ0n) is 21.6. The van der Waals surface area contributed by atoms with E-state index in [9.17, 15) is 24.3 Å². The SMILES string of the molecule is CC(C)CC(NC(=O)CNC(=O)C(N)Cc1ccccc1)C(=O)NC(Cc1c[nH]c2ccccc12)C(=O)O. The highest BCUT2D eigenvalue weighted by Gasteiger charge is 2.28. The van der Waals surface area contributed by atoms with Gasteiger partial charge >= 0.3 is 5.97 Å².